The fourth-order valence-electron chi connectivity index (χ4n) is 2.47. The summed E-state index contributed by atoms with van der Waals surface area (Å²) in [6.45, 7) is 4.18. The summed E-state index contributed by atoms with van der Waals surface area (Å²) < 4.78 is 0. The zero-order valence-electron chi connectivity index (χ0n) is 10.8. The molecule has 0 atom stereocenters. The molecule has 3 nitrogen and oxygen atoms in total. The van der Waals surface area contributed by atoms with Crippen LogP contribution in [-0.4, -0.2) is 18.1 Å². The highest BCUT2D eigenvalue weighted by atomic mass is 16.1. The van der Waals surface area contributed by atoms with Gasteiger partial charge >= 0.3 is 0 Å². The molecule has 0 saturated carbocycles. The van der Waals surface area contributed by atoms with Crippen molar-refractivity contribution in [1.82, 2.24) is 0 Å². The van der Waals surface area contributed by atoms with Gasteiger partial charge in [0.05, 0.1) is 5.56 Å². The number of ketones is 2. The number of carbonyl (C=O) groups excluding carboxylic acids is 2. The van der Waals surface area contributed by atoms with Gasteiger partial charge in [-0.1, -0.05) is 42.5 Å². The number of carbonyl (C=O) groups is 2. The van der Waals surface area contributed by atoms with Crippen molar-refractivity contribution in [2.24, 2.45) is 0 Å². The van der Waals surface area contributed by atoms with Crippen molar-refractivity contribution in [1.29, 1.82) is 0 Å². The van der Waals surface area contributed by atoms with E-state index in [4.69, 9.17) is 0 Å². The lowest BCUT2D eigenvalue weighted by Gasteiger charge is -2.20. The summed E-state index contributed by atoms with van der Waals surface area (Å²) in [6.07, 6.45) is 1.71. The predicted octanol–water partition coefficient (Wildman–Crippen LogP) is 3.06. The average molecular weight is 263 g/mol. The topological polar surface area (TPSA) is 46.2 Å². The van der Waals surface area contributed by atoms with E-state index in [1.807, 2.05) is 0 Å². The van der Waals surface area contributed by atoms with Crippen molar-refractivity contribution in [2.75, 3.05) is 11.9 Å². The highest BCUT2D eigenvalue weighted by molar-refractivity contribution is 6.30. The molecule has 1 aliphatic rings. The third kappa shape index (κ3) is 1.75. The maximum atomic E-state index is 12.6. The lowest BCUT2D eigenvalue weighted by molar-refractivity contribution is 0.0979. The molecule has 0 aromatic heterocycles. The molecule has 0 fully saturated rings. The summed E-state index contributed by atoms with van der Waals surface area (Å²) in [7, 11) is 0. The van der Waals surface area contributed by atoms with E-state index in [-0.39, 0.29) is 11.6 Å². The lowest BCUT2D eigenvalue weighted by Crippen LogP contribution is -2.22. The molecule has 0 aliphatic heterocycles. The molecule has 0 heterocycles. The summed E-state index contributed by atoms with van der Waals surface area (Å²) in [5, 5.41) is 3.11. The number of rotatable bonds is 3. The van der Waals surface area contributed by atoms with Crippen molar-refractivity contribution < 1.29 is 9.59 Å². The van der Waals surface area contributed by atoms with Gasteiger partial charge in [0, 0.05) is 28.9 Å². The molecular weight excluding hydrogens is 250 g/mol. The van der Waals surface area contributed by atoms with E-state index in [2.05, 4.69) is 11.9 Å². The molecule has 1 aliphatic carbocycles. The molecule has 20 heavy (non-hydrogen) atoms. The van der Waals surface area contributed by atoms with Crippen LogP contribution in [0.4, 0.5) is 5.69 Å². The van der Waals surface area contributed by atoms with Crippen molar-refractivity contribution >= 4 is 17.3 Å². The Balaban J connectivity index is 2.20. The summed E-state index contributed by atoms with van der Waals surface area (Å²) in [6, 6.07) is 12.2. The molecule has 0 unspecified atom stereocenters. The molecule has 0 saturated heterocycles. The Morgan fingerprint density at radius 3 is 2.25 bits per heavy atom. The van der Waals surface area contributed by atoms with Gasteiger partial charge in [0.2, 0.25) is 0 Å². The van der Waals surface area contributed by atoms with Crippen molar-refractivity contribution in [3.8, 4) is 0 Å². The van der Waals surface area contributed by atoms with Crippen LogP contribution in [0.15, 0.2) is 55.1 Å². The Morgan fingerprint density at radius 2 is 1.55 bits per heavy atom. The number of anilines is 1. The van der Waals surface area contributed by atoms with Crippen LogP contribution < -0.4 is 5.32 Å². The third-order valence-electron chi connectivity index (χ3n) is 3.39. The maximum absolute atomic E-state index is 12.6. The van der Waals surface area contributed by atoms with Gasteiger partial charge in [0.1, 0.15) is 0 Å². The molecule has 2 aromatic rings. The molecule has 3 heteroatoms. The molecular formula is C17H13NO2. The molecule has 1 N–H and O–H groups in total. The zero-order valence-corrected chi connectivity index (χ0v) is 10.8. The second kappa shape index (κ2) is 4.78. The van der Waals surface area contributed by atoms with E-state index in [1.165, 1.54) is 0 Å². The molecule has 3 rings (SSSR count). The first-order valence-corrected chi connectivity index (χ1v) is 6.40. The third-order valence-corrected chi connectivity index (χ3v) is 3.39. The minimum atomic E-state index is -0.109. The normalized spacial score (nSPS) is 12.6. The van der Waals surface area contributed by atoms with Crippen LogP contribution in [-0.2, 0) is 0 Å². The number of benzene rings is 2. The fourth-order valence-corrected chi connectivity index (χ4v) is 2.47. The van der Waals surface area contributed by atoms with Crippen molar-refractivity contribution in [3.63, 3.8) is 0 Å². The Morgan fingerprint density at radius 1 is 0.900 bits per heavy atom. The first-order valence-electron chi connectivity index (χ1n) is 6.40. The highest BCUT2D eigenvalue weighted by Gasteiger charge is 2.30. The van der Waals surface area contributed by atoms with E-state index in [9.17, 15) is 9.59 Å². The van der Waals surface area contributed by atoms with Gasteiger partial charge in [-0.3, -0.25) is 9.59 Å². The summed E-state index contributed by atoms with van der Waals surface area (Å²) in [4.78, 5) is 25.1. The Bertz CT molecular complexity index is 732. The van der Waals surface area contributed by atoms with Gasteiger partial charge in [0.25, 0.3) is 0 Å². The number of hydrogen-bond donors (Lipinski definition) is 1. The monoisotopic (exact) mass is 263 g/mol. The SMILES string of the molecule is C=CCNc1cccc2c1C(=O)c1ccccc1C2=O. The number of nitrogens with one attached hydrogen (secondary N) is 1. The van der Waals surface area contributed by atoms with Gasteiger partial charge in [-0.15, -0.1) is 6.58 Å². The maximum Gasteiger partial charge on any atom is 0.196 e. The van der Waals surface area contributed by atoms with E-state index in [0.717, 1.165) is 0 Å². The van der Waals surface area contributed by atoms with E-state index >= 15 is 0 Å². The van der Waals surface area contributed by atoms with Crippen LogP contribution in [0.2, 0.25) is 0 Å². The second-order valence-electron chi connectivity index (χ2n) is 4.60. The first-order chi connectivity index (χ1) is 9.74. The predicted molar refractivity (Wildman–Crippen MR) is 78.4 cm³/mol. The van der Waals surface area contributed by atoms with Crippen LogP contribution >= 0.6 is 0 Å². The van der Waals surface area contributed by atoms with E-state index < -0.39 is 0 Å². The Labute approximate surface area is 116 Å². The van der Waals surface area contributed by atoms with Crippen LogP contribution in [0.5, 0.6) is 0 Å². The quantitative estimate of drug-likeness (QED) is 0.739. The molecule has 2 aromatic carbocycles. The Hall–Kier alpha value is -2.68. The number of fused-ring (bicyclic) bond motifs is 2. The highest BCUT2D eigenvalue weighted by Crippen LogP contribution is 2.31. The molecule has 0 bridgehead atoms. The molecule has 0 radical (unpaired) electrons. The lowest BCUT2D eigenvalue weighted by atomic mass is 9.83. The van der Waals surface area contributed by atoms with Crippen LogP contribution in [0, 0.1) is 0 Å². The van der Waals surface area contributed by atoms with Crippen LogP contribution in [0.25, 0.3) is 0 Å². The van der Waals surface area contributed by atoms with Crippen molar-refractivity contribution in [2.45, 2.75) is 0 Å². The fraction of sp³-hybridized carbons (Fsp3) is 0.0588. The number of hydrogen-bond acceptors (Lipinski definition) is 3. The van der Waals surface area contributed by atoms with Gasteiger partial charge < -0.3 is 5.32 Å². The van der Waals surface area contributed by atoms with Gasteiger partial charge in [0.15, 0.2) is 11.6 Å². The average Bonchev–Trinajstić information content (AvgIpc) is 2.50. The molecule has 0 amide bonds. The Kier molecular flexibility index (Phi) is 2.95. The van der Waals surface area contributed by atoms with E-state index in [1.54, 1.807) is 48.5 Å². The smallest absolute Gasteiger partial charge is 0.196 e. The summed E-state index contributed by atoms with van der Waals surface area (Å²) >= 11 is 0. The minimum Gasteiger partial charge on any atom is -0.381 e. The van der Waals surface area contributed by atoms with Crippen molar-refractivity contribution in [3.05, 3.63) is 77.4 Å². The van der Waals surface area contributed by atoms with Gasteiger partial charge in [-0.25, -0.2) is 0 Å². The second-order valence-corrected chi connectivity index (χ2v) is 4.60. The summed E-state index contributed by atoms with van der Waals surface area (Å²) in [5.41, 5.74) is 2.54. The molecule has 0 spiro atoms. The van der Waals surface area contributed by atoms with Crippen LogP contribution in [0.3, 0.4) is 0 Å². The van der Waals surface area contributed by atoms with Crippen LogP contribution in [0.1, 0.15) is 31.8 Å². The first kappa shape index (κ1) is 12.4. The largest absolute Gasteiger partial charge is 0.381 e. The minimum absolute atomic E-state index is 0.0996. The standard InChI is InChI=1S/C17H13NO2/c1-2-10-18-14-9-5-8-13-15(14)17(20)12-7-4-3-6-11(12)16(13)19/h2-9,18H,1,10H2. The zero-order chi connectivity index (χ0) is 14.1. The van der Waals surface area contributed by atoms with E-state index in [0.29, 0.717) is 34.5 Å². The summed E-state index contributed by atoms with van der Waals surface area (Å²) in [5.74, 6) is -0.209. The van der Waals surface area contributed by atoms with Gasteiger partial charge in [-0.2, -0.15) is 0 Å². The van der Waals surface area contributed by atoms with Gasteiger partial charge in [-0.05, 0) is 6.07 Å². The molecule has 98 valence electrons.